The van der Waals surface area contributed by atoms with Crippen molar-refractivity contribution in [2.75, 3.05) is 13.7 Å². The Balaban J connectivity index is 1.74. The molecule has 2 amide bonds. The van der Waals surface area contributed by atoms with E-state index in [9.17, 15) is 9.59 Å². The maximum absolute atomic E-state index is 13.4. The van der Waals surface area contributed by atoms with E-state index >= 15 is 0 Å². The third kappa shape index (κ3) is 5.18. The largest absolute Gasteiger partial charge is 0.497 e. The first-order valence-electron chi connectivity index (χ1n) is 10.2. The topological polar surface area (TPSA) is 59.1 Å². The number of methoxy groups -OCH3 is 1. The molecule has 1 aliphatic carbocycles. The molecule has 154 valence electrons. The molecule has 1 aliphatic heterocycles. The Morgan fingerprint density at radius 3 is 2.36 bits per heavy atom. The molecular formula is C22H32N2O4. The molecule has 2 fully saturated rings. The minimum Gasteiger partial charge on any atom is -0.497 e. The lowest BCUT2D eigenvalue weighted by Crippen LogP contribution is -2.54. The lowest BCUT2D eigenvalue weighted by molar-refractivity contribution is -0.139. The highest BCUT2D eigenvalue weighted by Gasteiger charge is 2.41. The summed E-state index contributed by atoms with van der Waals surface area (Å²) < 4.78 is 10.8. The summed E-state index contributed by atoms with van der Waals surface area (Å²) in [6, 6.07) is 7.67. The van der Waals surface area contributed by atoms with Crippen molar-refractivity contribution < 1.29 is 19.1 Å². The van der Waals surface area contributed by atoms with Crippen LogP contribution < -0.4 is 4.74 Å². The van der Waals surface area contributed by atoms with Crippen LogP contribution in [0.4, 0.5) is 4.79 Å². The second kappa shape index (κ2) is 8.41. The van der Waals surface area contributed by atoms with Gasteiger partial charge in [-0.25, -0.2) is 4.79 Å². The maximum Gasteiger partial charge on any atom is 0.410 e. The Hall–Kier alpha value is -2.24. The van der Waals surface area contributed by atoms with Crippen molar-refractivity contribution in [1.82, 2.24) is 9.80 Å². The van der Waals surface area contributed by atoms with E-state index in [-0.39, 0.29) is 18.0 Å². The van der Waals surface area contributed by atoms with Crippen LogP contribution in [0, 0.1) is 0 Å². The number of piperidine rings is 1. The Labute approximate surface area is 167 Å². The van der Waals surface area contributed by atoms with Gasteiger partial charge in [-0.2, -0.15) is 0 Å². The number of hydrogen-bond donors (Lipinski definition) is 0. The molecule has 0 N–H and O–H groups in total. The molecule has 1 aromatic carbocycles. The summed E-state index contributed by atoms with van der Waals surface area (Å²) in [6.07, 6.45) is 4.24. The Morgan fingerprint density at radius 2 is 1.79 bits per heavy atom. The van der Waals surface area contributed by atoms with Crippen molar-refractivity contribution in [3.63, 3.8) is 0 Å². The summed E-state index contributed by atoms with van der Waals surface area (Å²) in [7, 11) is 1.64. The second-order valence-electron chi connectivity index (χ2n) is 8.73. The Morgan fingerprint density at radius 1 is 1.11 bits per heavy atom. The maximum atomic E-state index is 13.4. The van der Waals surface area contributed by atoms with Gasteiger partial charge >= 0.3 is 6.09 Å². The van der Waals surface area contributed by atoms with Crippen LogP contribution in [0.5, 0.6) is 5.75 Å². The number of benzene rings is 1. The quantitative estimate of drug-likeness (QED) is 0.766. The number of rotatable bonds is 5. The van der Waals surface area contributed by atoms with E-state index in [2.05, 4.69) is 0 Å². The van der Waals surface area contributed by atoms with Gasteiger partial charge < -0.3 is 14.4 Å². The van der Waals surface area contributed by atoms with Gasteiger partial charge in [0.2, 0.25) is 5.91 Å². The Bertz CT molecular complexity index is 691. The van der Waals surface area contributed by atoms with Gasteiger partial charge in [-0.15, -0.1) is 0 Å². The molecule has 1 unspecified atom stereocenters. The van der Waals surface area contributed by atoms with Gasteiger partial charge in [-0.3, -0.25) is 9.69 Å². The first kappa shape index (κ1) is 20.5. The summed E-state index contributed by atoms with van der Waals surface area (Å²) in [5.41, 5.74) is 0.502. The van der Waals surface area contributed by atoms with E-state index in [4.69, 9.17) is 9.47 Å². The van der Waals surface area contributed by atoms with Crippen molar-refractivity contribution in [2.24, 2.45) is 0 Å². The van der Waals surface area contributed by atoms with Crippen LogP contribution in [0.3, 0.4) is 0 Å². The molecule has 1 saturated carbocycles. The monoisotopic (exact) mass is 388 g/mol. The van der Waals surface area contributed by atoms with Crippen molar-refractivity contribution in [2.45, 2.75) is 77.1 Å². The molecule has 6 heteroatoms. The first-order valence-corrected chi connectivity index (χ1v) is 10.2. The molecule has 1 aromatic rings. The summed E-state index contributed by atoms with van der Waals surface area (Å²) in [4.78, 5) is 29.7. The van der Waals surface area contributed by atoms with Crippen LogP contribution >= 0.6 is 0 Å². The predicted molar refractivity (Wildman–Crippen MR) is 107 cm³/mol. The summed E-state index contributed by atoms with van der Waals surface area (Å²) in [5, 5.41) is 0. The smallest absolute Gasteiger partial charge is 0.410 e. The highest BCUT2D eigenvalue weighted by molar-refractivity contribution is 5.86. The van der Waals surface area contributed by atoms with Gasteiger partial charge in [0, 0.05) is 19.1 Å². The fraction of sp³-hybridized carbons (Fsp3) is 0.636. The van der Waals surface area contributed by atoms with Crippen molar-refractivity contribution in [1.29, 1.82) is 0 Å². The second-order valence-corrected chi connectivity index (χ2v) is 8.73. The number of nitrogens with zero attached hydrogens (tertiary/aromatic N) is 2. The van der Waals surface area contributed by atoms with E-state index in [1.54, 1.807) is 12.0 Å². The Kier molecular flexibility index (Phi) is 6.16. The molecular weight excluding hydrogens is 356 g/mol. The predicted octanol–water partition coefficient (Wildman–Crippen LogP) is 3.98. The SMILES string of the molecule is COc1ccc(CN(C(=O)C2CCCCN2C(=O)OC(C)(C)C)C2CC2)cc1. The number of carbonyl (C=O) groups is 2. The third-order valence-corrected chi connectivity index (χ3v) is 5.20. The third-order valence-electron chi connectivity index (χ3n) is 5.20. The van der Waals surface area contributed by atoms with Gasteiger partial charge in [0.05, 0.1) is 7.11 Å². The van der Waals surface area contributed by atoms with Gasteiger partial charge in [0.1, 0.15) is 17.4 Å². The number of likely N-dealkylation sites (tertiary alicyclic amines) is 1. The van der Waals surface area contributed by atoms with E-state index in [1.807, 2.05) is 49.9 Å². The molecule has 28 heavy (non-hydrogen) atoms. The van der Waals surface area contributed by atoms with Crippen LogP contribution in [-0.2, 0) is 16.1 Å². The molecule has 0 bridgehead atoms. The van der Waals surface area contributed by atoms with Crippen molar-refractivity contribution >= 4 is 12.0 Å². The zero-order valence-electron chi connectivity index (χ0n) is 17.4. The van der Waals surface area contributed by atoms with E-state index in [0.29, 0.717) is 19.5 Å². The van der Waals surface area contributed by atoms with E-state index < -0.39 is 11.6 Å². The van der Waals surface area contributed by atoms with Crippen LogP contribution in [-0.4, -0.2) is 53.1 Å². The number of amides is 2. The van der Waals surface area contributed by atoms with Gasteiger partial charge in [-0.1, -0.05) is 12.1 Å². The van der Waals surface area contributed by atoms with Crippen LogP contribution in [0.15, 0.2) is 24.3 Å². The molecule has 2 aliphatic rings. The van der Waals surface area contributed by atoms with Gasteiger partial charge in [-0.05, 0) is 70.6 Å². The number of ether oxygens (including phenoxy) is 2. The minimum atomic E-state index is -0.568. The minimum absolute atomic E-state index is 0.0453. The number of hydrogen-bond acceptors (Lipinski definition) is 4. The molecule has 1 saturated heterocycles. The highest BCUT2D eigenvalue weighted by Crippen LogP contribution is 2.32. The fourth-order valence-corrected chi connectivity index (χ4v) is 3.62. The van der Waals surface area contributed by atoms with Gasteiger partial charge in [0.25, 0.3) is 0 Å². The fourth-order valence-electron chi connectivity index (χ4n) is 3.62. The molecule has 0 radical (unpaired) electrons. The zero-order valence-corrected chi connectivity index (χ0v) is 17.4. The normalized spacial score (nSPS) is 19.9. The molecule has 0 spiro atoms. The molecule has 3 rings (SSSR count). The zero-order chi connectivity index (χ0) is 20.3. The average Bonchev–Trinajstić information content (AvgIpc) is 3.50. The average molecular weight is 389 g/mol. The van der Waals surface area contributed by atoms with Crippen molar-refractivity contribution in [3.8, 4) is 5.75 Å². The molecule has 1 atom stereocenters. The lowest BCUT2D eigenvalue weighted by Gasteiger charge is -2.38. The van der Waals surface area contributed by atoms with E-state index in [0.717, 1.165) is 37.0 Å². The first-order chi connectivity index (χ1) is 13.3. The van der Waals surface area contributed by atoms with Crippen LogP contribution in [0.2, 0.25) is 0 Å². The summed E-state index contributed by atoms with van der Waals surface area (Å²) >= 11 is 0. The van der Waals surface area contributed by atoms with Crippen molar-refractivity contribution in [3.05, 3.63) is 29.8 Å². The highest BCUT2D eigenvalue weighted by atomic mass is 16.6. The van der Waals surface area contributed by atoms with E-state index in [1.165, 1.54) is 0 Å². The van der Waals surface area contributed by atoms with Crippen LogP contribution in [0.1, 0.15) is 58.4 Å². The molecule has 6 nitrogen and oxygen atoms in total. The summed E-state index contributed by atoms with van der Waals surface area (Å²) in [6.45, 7) is 6.70. The standard InChI is InChI=1S/C22H32N2O4/c1-22(2,3)28-21(26)23-14-6-5-7-19(23)20(25)24(17-10-11-17)15-16-8-12-18(27-4)13-9-16/h8-9,12-13,17,19H,5-7,10-11,14-15H2,1-4H3. The van der Waals surface area contributed by atoms with Crippen LogP contribution in [0.25, 0.3) is 0 Å². The lowest BCUT2D eigenvalue weighted by atomic mass is 10.0. The number of carbonyl (C=O) groups excluding carboxylic acids is 2. The van der Waals surface area contributed by atoms with Gasteiger partial charge in [0.15, 0.2) is 0 Å². The summed E-state index contributed by atoms with van der Waals surface area (Å²) in [5.74, 6) is 0.848. The molecule has 1 heterocycles. The molecule has 0 aromatic heterocycles.